The molecule has 20 heavy (non-hydrogen) atoms. The lowest BCUT2D eigenvalue weighted by Gasteiger charge is -2.13. The quantitative estimate of drug-likeness (QED) is 0.729. The third-order valence-corrected chi connectivity index (χ3v) is 4.92. The molecule has 4 nitrogen and oxygen atoms in total. The lowest BCUT2D eigenvalue weighted by Crippen LogP contribution is -2.15. The molecule has 3 heterocycles. The second-order valence-electron chi connectivity index (χ2n) is 4.17. The van der Waals surface area contributed by atoms with Gasteiger partial charge in [0.2, 0.25) is 5.13 Å². The maximum Gasteiger partial charge on any atom is 0.208 e. The van der Waals surface area contributed by atoms with Crippen LogP contribution in [0, 0.1) is 0 Å². The van der Waals surface area contributed by atoms with Crippen molar-refractivity contribution in [1.29, 1.82) is 0 Å². The van der Waals surface area contributed by atoms with E-state index in [0.29, 0.717) is 0 Å². The van der Waals surface area contributed by atoms with E-state index in [9.17, 15) is 0 Å². The Morgan fingerprint density at radius 2 is 2.05 bits per heavy atom. The molecular formula is C13H11ClN4S2. The van der Waals surface area contributed by atoms with Crippen LogP contribution in [-0.2, 0) is 6.54 Å². The summed E-state index contributed by atoms with van der Waals surface area (Å²) in [5, 5.41) is 10.1. The first-order valence-corrected chi connectivity index (χ1v) is 7.94. The lowest BCUT2D eigenvalue weighted by atomic mass is 10.4. The molecule has 0 spiro atoms. The van der Waals surface area contributed by atoms with E-state index in [1.807, 2.05) is 37.4 Å². The Balaban J connectivity index is 1.76. The van der Waals surface area contributed by atoms with Crippen LogP contribution in [-0.4, -0.2) is 22.2 Å². The normalized spacial score (nSPS) is 10.7. The van der Waals surface area contributed by atoms with E-state index in [-0.39, 0.29) is 0 Å². The topological polar surface area (TPSA) is 41.9 Å². The van der Waals surface area contributed by atoms with Gasteiger partial charge in [-0.15, -0.1) is 21.5 Å². The Morgan fingerprint density at radius 3 is 2.75 bits per heavy atom. The standard InChI is InChI=1S/C13H11ClN4S2/c1-18(8-9-5-6-11(14)19-9)13-17-16-12(20-13)10-4-2-3-7-15-10/h2-7H,8H2,1H3. The molecule has 3 aromatic heterocycles. The van der Waals surface area contributed by atoms with Crippen molar-refractivity contribution in [2.75, 3.05) is 11.9 Å². The Hall–Kier alpha value is -1.50. The molecule has 3 aromatic rings. The number of nitrogens with zero attached hydrogens (tertiary/aromatic N) is 4. The molecule has 0 bridgehead atoms. The first-order valence-electron chi connectivity index (χ1n) is 5.92. The van der Waals surface area contributed by atoms with Crippen LogP contribution in [0.25, 0.3) is 10.7 Å². The van der Waals surface area contributed by atoms with Crippen LogP contribution in [0.4, 0.5) is 5.13 Å². The van der Waals surface area contributed by atoms with E-state index in [1.165, 1.54) is 16.2 Å². The van der Waals surface area contributed by atoms with Crippen molar-refractivity contribution in [3.8, 4) is 10.7 Å². The van der Waals surface area contributed by atoms with E-state index in [2.05, 4.69) is 20.1 Å². The van der Waals surface area contributed by atoms with Crippen LogP contribution in [0.15, 0.2) is 36.5 Å². The SMILES string of the molecule is CN(Cc1ccc(Cl)s1)c1nnc(-c2ccccn2)s1. The van der Waals surface area contributed by atoms with E-state index in [1.54, 1.807) is 17.5 Å². The fourth-order valence-corrected chi connectivity index (χ4v) is 3.62. The monoisotopic (exact) mass is 322 g/mol. The van der Waals surface area contributed by atoms with E-state index in [4.69, 9.17) is 11.6 Å². The number of hydrogen-bond acceptors (Lipinski definition) is 6. The predicted octanol–water partition coefficient (Wildman–Crippen LogP) is 3.95. The molecule has 0 aliphatic heterocycles. The van der Waals surface area contributed by atoms with Crippen molar-refractivity contribution >= 4 is 39.4 Å². The molecule has 0 radical (unpaired) electrons. The number of pyridine rings is 1. The first-order chi connectivity index (χ1) is 9.72. The molecular weight excluding hydrogens is 312 g/mol. The van der Waals surface area contributed by atoms with Gasteiger partial charge in [-0.2, -0.15) is 0 Å². The molecule has 0 unspecified atom stereocenters. The highest BCUT2D eigenvalue weighted by atomic mass is 35.5. The van der Waals surface area contributed by atoms with E-state index < -0.39 is 0 Å². The van der Waals surface area contributed by atoms with Gasteiger partial charge in [0.25, 0.3) is 0 Å². The van der Waals surface area contributed by atoms with Crippen LogP contribution < -0.4 is 4.90 Å². The molecule has 0 saturated heterocycles. The molecule has 0 amide bonds. The minimum Gasteiger partial charge on any atom is -0.345 e. The minimum absolute atomic E-state index is 0.772. The number of aromatic nitrogens is 3. The van der Waals surface area contributed by atoms with Crippen molar-refractivity contribution in [3.05, 3.63) is 45.7 Å². The molecule has 0 fully saturated rings. The summed E-state index contributed by atoms with van der Waals surface area (Å²) >= 11 is 9.06. The van der Waals surface area contributed by atoms with Crippen molar-refractivity contribution in [2.45, 2.75) is 6.54 Å². The van der Waals surface area contributed by atoms with Crippen LogP contribution in [0.2, 0.25) is 4.34 Å². The lowest BCUT2D eigenvalue weighted by molar-refractivity contribution is 0.907. The largest absolute Gasteiger partial charge is 0.345 e. The van der Waals surface area contributed by atoms with Crippen molar-refractivity contribution in [1.82, 2.24) is 15.2 Å². The zero-order chi connectivity index (χ0) is 13.9. The van der Waals surface area contributed by atoms with E-state index in [0.717, 1.165) is 26.7 Å². The number of anilines is 1. The van der Waals surface area contributed by atoms with Gasteiger partial charge in [-0.1, -0.05) is 29.0 Å². The second-order valence-corrected chi connectivity index (χ2v) is 6.92. The molecule has 0 aliphatic rings. The van der Waals surface area contributed by atoms with Gasteiger partial charge in [0.15, 0.2) is 5.01 Å². The summed E-state index contributed by atoms with van der Waals surface area (Å²) in [4.78, 5) is 7.55. The summed E-state index contributed by atoms with van der Waals surface area (Å²) in [7, 11) is 2.00. The summed E-state index contributed by atoms with van der Waals surface area (Å²) in [6.45, 7) is 0.772. The maximum atomic E-state index is 5.94. The van der Waals surface area contributed by atoms with Gasteiger partial charge >= 0.3 is 0 Å². The maximum absolute atomic E-state index is 5.94. The van der Waals surface area contributed by atoms with Gasteiger partial charge in [-0.05, 0) is 24.3 Å². The number of halogens is 1. The molecule has 7 heteroatoms. The summed E-state index contributed by atoms with van der Waals surface area (Å²) in [6.07, 6.45) is 1.76. The summed E-state index contributed by atoms with van der Waals surface area (Å²) in [5.41, 5.74) is 0.851. The van der Waals surface area contributed by atoms with Crippen LogP contribution >= 0.6 is 34.3 Å². The van der Waals surface area contributed by atoms with Gasteiger partial charge in [-0.25, -0.2) is 0 Å². The summed E-state index contributed by atoms with van der Waals surface area (Å²) in [6, 6.07) is 9.71. The fourth-order valence-electron chi connectivity index (χ4n) is 1.70. The third-order valence-electron chi connectivity index (χ3n) is 2.65. The molecule has 102 valence electrons. The van der Waals surface area contributed by atoms with Gasteiger partial charge in [0.1, 0.15) is 5.69 Å². The molecule has 0 N–H and O–H groups in total. The zero-order valence-corrected chi connectivity index (χ0v) is 13.0. The van der Waals surface area contributed by atoms with Crippen molar-refractivity contribution in [3.63, 3.8) is 0 Å². The van der Waals surface area contributed by atoms with Crippen LogP contribution in [0.3, 0.4) is 0 Å². The van der Waals surface area contributed by atoms with Crippen LogP contribution in [0.1, 0.15) is 4.88 Å². The predicted molar refractivity (Wildman–Crippen MR) is 84.6 cm³/mol. The molecule has 0 aliphatic carbocycles. The molecule has 0 aromatic carbocycles. The highest BCUT2D eigenvalue weighted by molar-refractivity contribution is 7.18. The van der Waals surface area contributed by atoms with Crippen molar-refractivity contribution < 1.29 is 0 Å². The van der Waals surface area contributed by atoms with Crippen molar-refractivity contribution in [2.24, 2.45) is 0 Å². The van der Waals surface area contributed by atoms with Crippen LogP contribution in [0.5, 0.6) is 0 Å². The minimum atomic E-state index is 0.772. The zero-order valence-electron chi connectivity index (χ0n) is 10.7. The van der Waals surface area contributed by atoms with Gasteiger partial charge < -0.3 is 4.90 Å². The Bertz CT molecular complexity index is 695. The smallest absolute Gasteiger partial charge is 0.208 e. The third kappa shape index (κ3) is 2.98. The number of hydrogen-bond donors (Lipinski definition) is 0. The highest BCUT2D eigenvalue weighted by Gasteiger charge is 2.12. The number of rotatable bonds is 4. The van der Waals surface area contributed by atoms with Gasteiger partial charge in [0.05, 0.1) is 10.9 Å². The number of thiophene rings is 1. The summed E-state index contributed by atoms with van der Waals surface area (Å²) < 4.78 is 0.805. The van der Waals surface area contributed by atoms with Gasteiger partial charge in [0, 0.05) is 18.1 Å². The Labute approximate surface area is 129 Å². The van der Waals surface area contributed by atoms with E-state index >= 15 is 0 Å². The average molecular weight is 323 g/mol. The first kappa shape index (κ1) is 13.5. The Kier molecular flexibility index (Phi) is 3.95. The van der Waals surface area contributed by atoms with Gasteiger partial charge in [-0.3, -0.25) is 4.98 Å². The fraction of sp³-hybridized carbons (Fsp3) is 0.154. The molecule has 3 rings (SSSR count). The highest BCUT2D eigenvalue weighted by Crippen LogP contribution is 2.29. The summed E-state index contributed by atoms with van der Waals surface area (Å²) in [5.74, 6) is 0. The molecule has 0 saturated carbocycles. The second kappa shape index (κ2) is 5.87. The average Bonchev–Trinajstić information content (AvgIpc) is 3.09. The Morgan fingerprint density at radius 1 is 1.15 bits per heavy atom. The molecule has 0 atom stereocenters.